The molecule has 0 fully saturated rings. The fraction of sp³-hybridized carbons (Fsp3) is 0.188. The zero-order valence-electron chi connectivity index (χ0n) is 12.1. The second kappa shape index (κ2) is 5.99. The van der Waals surface area contributed by atoms with E-state index in [9.17, 15) is 18.0 Å². The summed E-state index contributed by atoms with van der Waals surface area (Å²) in [4.78, 5) is 11.7. The topological polar surface area (TPSA) is 51.5 Å². The molecule has 2 heterocycles. The van der Waals surface area contributed by atoms with E-state index in [1.54, 1.807) is 6.07 Å². The van der Waals surface area contributed by atoms with Crippen molar-refractivity contribution in [3.05, 3.63) is 59.0 Å². The summed E-state index contributed by atoms with van der Waals surface area (Å²) in [5.74, 6) is -0.467. The number of carbonyl (C=O) groups excluding carboxylic acids is 1. The lowest BCUT2D eigenvalue weighted by atomic mass is 9.90. The van der Waals surface area contributed by atoms with Crippen molar-refractivity contribution >= 4 is 29.3 Å². The normalized spacial score (nSPS) is 21.4. The number of hydrogen-bond donors (Lipinski definition) is 1. The molecule has 1 aliphatic heterocycles. The van der Waals surface area contributed by atoms with Crippen LogP contribution in [0.25, 0.3) is 6.08 Å². The number of anilines is 1. The lowest BCUT2D eigenvalue weighted by molar-refractivity contribution is -0.260. The van der Waals surface area contributed by atoms with Crippen molar-refractivity contribution in [1.82, 2.24) is 0 Å². The van der Waals surface area contributed by atoms with Gasteiger partial charge in [0.2, 0.25) is 11.5 Å². The molecule has 1 aromatic carbocycles. The molecule has 0 aliphatic carbocycles. The maximum absolute atomic E-state index is 14.0. The lowest BCUT2D eigenvalue weighted by Gasteiger charge is -2.32. The Morgan fingerprint density at radius 1 is 1.29 bits per heavy atom. The number of benzene rings is 1. The highest BCUT2D eigenvalue weighted by atomic mass is 35.5. The minimum atomic E-state index is -4.83. The van der Waals surface area contributed by atoms with E-state index >= 15 is 0 Å². The number of fused-ring (bicyclic) bond motifs is 1. The predicted octanol–water partition coefficient (Wildman–Crippen LogP) is 4.37. The van der Waals surface area contributed by atoms with Crippen molar-refractivity contribution in [1.29, 1.82) is 0 Å². The van der Waals surface area contributed by atoms with Gasteiger partial charge in [0.05, 0.1) is 6.26 Å². The molecule has 0 radical (unpaired) electrons. The third-order valence-electron chi connectivity index (χ3n) is 3.53. The van der Waals surface area contributed by atoms with Crippen molar-refractivity contribution in [2.75, 3.05) is 11.9 Å². The van der Waals surface area contributed by atoms with Gasteiger partial charge in [-0.1, -0.05) is 11.6 Å². The molecule has 2 aromatic rings. The number of furan rings is 1. The SMILES string of the molecule is O=C1COC(/C=C/c2ccco2)(C(F)(F)F)c2cc(Cl)ccc2N1. The van der Waals surface area contributed by atoms with Gasteiger partial charge in [-0.05, 0) is 42.5 Å². The third-order valence-corrected chi connectivity index (χ3v) is 3.77. The van der Waals surface area contributed by atoms with Gasteiger partial charge < -0.3 is 14.5 Å². The molecule has 3 rings (SSSR count). The molecule has 1 aromatic heterocycles. The van der Waals surface area contributed by atoms with Crippen LogP contribution in [0, 0.1) is 0 Å². The van der Waals surface area contributed by atoms with Crippen molar-refractivity contribution in [3.63, 3.8) is 0 Å². The van der Waals surface area contributed by atoms with Gasteiger partial charge in [0.25, 0.3) is 0 Å². The zero-order valence-corrected chi connectivity index (χ0v) is 12.8. The number of nitrogens with one attached hydrogen (secondary N) is 1. The molecule has 4 nitrogen and oxygen atoms in total. The van der Waals surface area contributed by atoms with E-state index in [4.69, 9.17) is 20.8 Å². The van der Waals surface area contributed by atoms with Gasteiger partial charge in [-0.15, -0.1) is 0 Å². The summed E-state index contributed by atoms with van der Waals surface area (Å²) in [6.07, 6.45) is -1.53. The highest BCUT2D eigenvalue weighted by molar-refractivity contribution is 6.30. The number of alkyl halides is 3. The van der Waals surface area contributed by atoms with Crippen LogP contribution in [-0.2, 0) is 15.1 Å². The Hall–Kier alpha value is -2.25. The molecular weight excluding hydrogens is 347 g/mol. The maximum atomic E-state index is 14.0. The fourth-order valence-electron chi connectivity index (χ4n) is 2.43. The van der Waals surface area contributed by atoms with Crippen LogP contribution in [0.5, 0.6) is 0 Å². The average Bonchev–Trinajstić information content (AvgIpc) is 2.97. The van der Waals surface area contributed by atoms with Crippen LogP contribution < -0.4 is 5.32 Å². The summed E-state index contributed by atoms with van der Waals surface area (Å²) in [5, 5.41) is 2.48. The van der Waals surface area contributed by atoms with Gasteiger partial charge >= 0.3 is 6.18 Å². The Morgan fingerprint density at radius 2 is 2.08 bits per heavy atom. The predicted molar refractivity (Wildman–Crippen MR) is 81.5 cm³/mol. The van der Waals surface area contributed by atoms with Crippen LogP contribution in [0.2, 0.25) is 5.02 Å². The van der Waals surface area contributed by atoms with Gasteiger partial charge in [-0.2, -0.15) is 13.2 Å². The number of halogens is 4. The molecule has 0 saturated carbocycles. The Morgan fingerprint density at radius 3 is 2.75 bits per heavy atom. The largest absolute Gasteiger partial charge is 0.465 e. The molecule has 1 unspecified atom stereocenters. The average molecular weight is 358 g/mol. The molecule has 24 heavy (non-hydrogen) atoms. The molecule has 8 heteroatoms. The van der Waals surface area contributed by atoms with Gasteiger partial charge in [0.1, 0.15) is 12.4 Å². The van der Waals surface area contributed by atoms with Crippen molar-refractivity contribution in [2.24, 2.45) is 0 Å². The molecule has 126 valence electrons. The first-order valence-electron chi connectivity index (χ1n) is 6.85. The maximum Gasteiger partial charge on any atom is 0.425 e. The standard InChI is InChI=1S/C16H11ClF3NO3/c17-10-3-4-13-12(8-10)15(16(18,19)20,24-9-14(22)21-13)6-5-11-2-1-7-23-11/h1-8H,9H2,(H,21,22)/b6-5+. The molecule has 1 N–H and O–H groups in total. The van der Waals surface area contributed by atoms with Gasteiger partial charge in [0, 0.05) is 16.3 Å². The van der Waals surface area contributed by atoms with Gasteiger partial charge in [-0.25, -0.2) is 0 Å². The van der Waals surface area contributed by atoms with Crippen LogP contribution in [0.4, 0.5) is 18.9 Å². The first-order chi connectivity index (χ1) is 11.3. The minimum absolute atomic E-state index is 0.0108. The number of amides is 1. The van der Waals surface area contributed by atoms with Crippen LogP contribution in [-0.4, -0.2) is 18.7 Å². The van der Waals surface area contributed by atoms with Crippen LogP contribution in [0.15, 0.2) is 47.1 Å². The van der Waals surface area contributed by atoms with E-state index in [1.165, 1.54) is 24.5 Å². The third kappa shape index (κ3) is 2.92. The van der Waals surface area contributed by atoms with Crippen molar-refractivity contribution in [3.8, 4) is 0 Å². The highest BCUT2D eigenvalue weighted by Crippen LogP contribution is 2.48. The van der Waals surface area contributed by atoms with E-state index in [-0.39, 0.29) is 22.0 Å². The summed E-state index contributed by atoms with van der Waals surface area (Å²) in [6, 6.07) is 6.88. The zero-order chi connectivity index (χ0) is 17.4. The Labute approximate surface area is 139 Å². The first-order valence-corrected chi connectivity index (χ1v) is 7.23. The Kier molecular flexibility index (Phi) is 4.15. The number of rotatable bonds is 2. The summed E-state index contributed by atoms with van der Waals surface area (Å²) < 4.78 is 51.9. The van der Waals surface area contributed by atoms with Gasteiger partial charge in [-0.3, -0.25) is 4.79 Å². The van der Waals surface area contributed by atoms with Crippen molar-refractivity contribution in [2.45, 2.75) is 11.8 Å². The molecular formula is C16H11ClF3NO3. The number of ether oxygens (including phenoxy) is 1. The van der Waals surface area contributed by atoms with Crippen LogP contribution in [0.3, 0.4) is 0 Å². The summed E-state index contributed by atoms with van der Waals surface area (Å²) in [7, 11) is 0. The smallest absolute Gasteiger partial charge is 0.425 e. The van der Waals surface area contributed by atoms with Gasteiger partial charge in [0.15, 0.2) is 0 Å². The summed E-state index contributed by atoms with van der Waals surface area (Å²) >= 11 is 5.87. The molecule has 1 atom stereocenters. The molecule has 0 spiro atoms. The Bertz CT molecular complexity index is 786. The van der Waals surface area contributed by atoms with E-state index in [0.717, 1.165) is 18.2 Å². The summed E-state index contributed by atoms with van der Waals surface area (Å²) in [5.41, 5.74) is -3.14. The molecule has 0 saturated heterocycles. The fourth-order valence-corrected chi connectivity index (χ4v) is 2.60. The van der Waals surface area contributed by atoms with E-state index in [0.29, 0.717) is 0 Å². The van der Waals surface area contributed by atoms with E-state index in [2.05, 4.69) is 5.32 Å². The first kappa shape index (κ1) is 16.6. The van der Waals surface area contributed by atoms with Crippen LogP contribution >= 0.6 is 11.6 Å². The molecule has 0 bridgehead atoms. The van der Waals surface area contributed by atoms with Crippen molar-refractivity contribution < 1.29 is 27.1 Å². The second-order valence-corrected chi connectivity index (χ2v) is 5.55. The highest BCUT2D eigenvalue weighted by Gasteiger charge is 2.58. The quantitative estimate of drug-likeness (QED) is 0.868. The molecule has 1 aliphatic rings. The van der Waals surface area contributed by atoms with Crippen LogP contribution in [0.1, 0.15) is 11.3 Å². The van der Waals surface area contributed by atoms with E-state index < -0.39 is 24.3 Å². The lowest BCUT2D eigenvalue weighted by Crippen LogP contribution is -2.43. The number of carbonyl (C=O) groups is 1. The minimum Gasteiger partial charge on any atom is -0.465 e. The Balaban J connectivity index is 2.21. The second-order valence-electron chi connectivity index (χ2n) is 5.11. The summed E-state index contributed by atoms with van der Waals surface area (Å²) in [6.45, 7) is -0.756. The molecule has 1 amide bonds. The monoisotopic (exact) mass is 357 g/mol. The van der Waals surface area contributed by atoms with E-state index in [1.807, 2.05) is 0 Å². The number of hydrogen-bond acceptors (Lipinski definition) is 3.